The van der Waals surface area contributed by atoms with E-state index >= 15 is 0 Å². The fourth-order valence-corrected chi connectivity index (χ4v) is 1.65. The molecule has 2 aromatic rings. The Kier molecular flexibility index (Phi) is 3.69. The van der Waals surface area contributed by atoms with Gasteiger partial charge < -0.3 is 9.84 Å². The highest BCUT2D eigenvalue weighted by Crippen LogP contribution is 2.35. The van der Waals surface area contributed by atoms with Crippen LogP contribution in [0.1, 0.15) is 10.4 Å². The summed E-state index contributed by atoms with van der Waals surface area (Å²) in [6.07, 6.45) is 2.68. The third kappa shape index (κ3) is 2.55. The van der Waals surface area contributed by atoms with Crippen molar-refractivity contribution in [2.24, 2.45) is 0 Å². The summed E-state index contributed by atoms with van der Waals surface area (Å²) in [5.41, 5.74) is 0.000965. The molecule has 1 N–H and O–H groups in total. The fraction of sp³-hybridized carbons (Fsp3) is 0. The first-order valence-electron chi connectivity index (χ1n) is 4.89. The SMILES string of the molecule is O=C(O)c1ccncc1Oc1cccc(Cl)c1Cl. The standard InChI is InChI=1S/C12H7Cl2NO3/c13-8-2-1-3-9(11(8)14)18-10-6-15-5-4-7(10)12(16)17/h1-6H,(H,16,17). The molecule has 0 radical (unpaired) electrons. The van der Waals surface area contributed by atoms with Gasteiger partial charge in [0.15, 0.2) is 5.75 Å². The van der Waals surface area contributed by atoms with Gasteiger partial charge >= 0.3 is 5.97 Å². The number of halogens is 2. The molecule has 0 fully saturated rings. The second-order valence-corrected chi connectivity index (χ2v) is 4.12. The van der Waals surface area contributed by atoms with Gasteiger partial charge in [-0.25, -0.2) is 4.79 Å². The summed E-state index contributed by atoms with van der Waals surface area (Å²) in [5, 5.41) is 9.55. The molecular formula is C12H7Cl2NO3. The number of carbonyl (C=O) groups is 1. The van der Waals surface area contributed by atoms with Crippen molar-refractivity contribution in [3.05, 3.63) is 52.3 Å². The number of aromatic carboxylic acids is 1. The van der Waals surface area contributed by atoms with E-state index in [0.29, 0.717) is 5.02 Å². The zero-order valence-corrected chi connectivity index (χ0v) is 10.4. The van der Waals surface area contributed by atoms with E-state index in [4.69, 9.17) is 33.0 Å². The summed E-state index contributed by atoms with van der Waals surface area (Å²) in [6.45, 7) is 0. The Morgan fingerprint density at radius 1 is 1.22 bits per heavy atom. The van der Waals surface area contributed by atoms with Gasteiger partial charge in [-0.2, -0.15) is 0 Å². The lowest BCUT2D eigenvalue weighted by Gasteiger charge is -2.09. The van der Waals surface area contributed by atoms with Crippen molar-refractivity contribution < 1.29 is 14.6 Å². The number of rotatable bonds is 3. The Labute approximate surface area is 113 Å². The van der Waals surface area contributed by atoms with E-state index in [2.05, 4.69) is 4.98 Å². The van der Waals surface area contributed by atoms with Crippen LogP contribution in [0.5, 0.6) is 11.5 Å². The number of carboxylic acid groups (broad SMARTS) is 1. The normalized spacial score (nSPS) is 10.1. The van der Waals surface area contributed by atoms with Gasteiger partial charge in [0.05, 0.1) is 11.2 Å². The second kappa shape index (κ2) is 5.25. The predicted molar refractivity (Wildman–Crippen MR) is 67.7 cm³/mol. The molecule has 0 unspecified atom stereocenters. The maximum atomic E-state index is 11.0. The monoisotopic (exact) mass is 283 g/mol. The lowest BCUT2D eigenvalue weighted by molar-refractivity contribution is 0.0694. The Balaban J connectivity index is 2.40. The lowest BCUT2D eigenvalue weighted by atomic mass is 10.2. The summed E-state index contributed by atoms with van der Waals surface area (Å²) in [6, 6.07) is 6.20. The van der Waals surface area contributed by atoms with Crippen LogP contribution in [0.25, 0.3) is 0 Å². The molecule has 0 atom stereocenters. The highest BCUT2D eigenvalue weighted by molar-refractivity contribution is 6.42. The first-order valence-corrected chi connectivity index (χ1v) is 5.64. The minimum atomic E-state index is -1.11. The zero-order chi connectivity index (χ0) is 13.1. The van der Waals surface area contributed by atoms with E-state index in [0.717, 1.165) is 0 Å². The Morgan fingerprint density at radius 3 is 2.72 bits per heavy atom. The molecule has 0 aliphatic heterocycles. The third-order valence-corrected chi connectivity index (χ3v) is 2.95. The quantitative estimate of drug-likeness (QED) is 0.929. The maximum Gasteiger partial charge on any atom is 0.339 e. The predicted octanol–water partition coefficient (Wildman–Crippen LogP) is 3.88. The highest BCUT2D eigenvalue weighted by atomic mass is 35.5. The molecule has 1 aromatic heterocycles. The van der Waals surface area contributed by atoms with E-state index < -0.39 is 5.97 Å². The fourth-order valence-electron chi connectivity index (χ4n) is 1.32. The van der Waals surface area contributed by atoms with Crippen LogP contribution in [0.3, 0.4) is 0 Å². The van der Waals surface area contributed by atoms with Crippen molar-refractivity contribution in [1.82, 2.24) is 4.98 Å². The summed E-state index contributed by atoms with van der Waals surface area (Å²) in [4.78, 5) is 14.8. The average molecular weight is 284 g/mol. The van der Waals surface area contributed by atoms with Crippen molar-refractivity contribution in [3.8, 4) is 11.5 Å². The van der Waals surface area contributed by atoms with Gasteiger partial charge in [0.1, 0.15) is 16.3 Å². The van der Waals surface area contributed by atoms with Crippen molar-refractivity contribution in [2.45, 2.75) is 0 Å². The molecule has 2 rings (SSSR count). The van der Waals surface area contributed by atoms with Crippen LogP contribution < -0.4 is 4.74 Å². The van der Waals surface area contributed by atoms with Crippen LogP contribution in [-0.2, 0) is 0 Å². The molecule has 18 heavy (non-hydrogen) atoms. The van der Waals surface area contributed by atoms with Crippen molar-refractivity contribution >= 4 is 29.2 Å². The maximum absolute atomic E-state index is 11.0. The van der Waals surface area contributed by atoms with Gasteiger partial charge in [0, 0.05) is 6.20 Å². The Hall–Kier alpha value is -1.78. The summed E-state index contributed by atoms with van der Waals surface area (Å²) in [5.74, 6) is -0.723. The molecular weight excluding hydrogens is 277 g/mol. The van der Waals surface area contributed by atoms with Crippen LogP contribution in [0.15, 0.2) is 36.7 Å². The van der Waals surface area contributed by atoms with Gasteiger partial charge in [-0.05, 0) is 18.2 Å². The molecule has 92 valence electrons. The molecule has 0 saturated carbocycles. The molecule has 0 saturated heterocycles. The first-order chi connectivity index (χ1) is 8.59. The zero-order valence-electron chi connectivity index (χ0n) is 8.93. The summed E-state index contributed by atoms with van der Waals surface area (Å²) >= 11 is 11.8. The van der Waals surface area contributed by atoms with Crippen LogP contribution in [0.4, 0.5) is 0 Å². The van der Waals surface area contributed by atoms with E-state index in [1.54, 1.807) is 18.2 Å². The number of hydrogen-bond donors (Lipinski definition) is 1. The minimum Gasteiger partial charge on any atom is -0.478 e. The number of aromatic nitrogens is 1. The molecule has 0 aliphatic carbocycles. The van der Waals surface area contributed by atoms with Crippen molar-refractivity contribution in [3.63, 3.8) is 0 Å². The molecule has 6 heteroatoms. The Morgan fingerprint density at radius 2 is 2.00 bits per heavy atom. The lowest BCUT2D eigenvalue weighted by Crippen LogP contribution is -2.00. The summed E-state index contributed by atoms with van der Waals surface area (Å²) < 4.78 is 5.42. The van der Waals surface area contributed by atoms with Crippen molar-refractivity contribution in [2.75, 3.05) is 0 Å². The van der Waals surface area contributed by atoms with Gasteiger partial charge in [-0.1, -0.05) is 29.3 Å². The molecule has 0 aliphatic rings. The van der Waals surface area contributed by atoms with E-state index in [-0.39, 0.29) is 22.1 Å². The smallest absolute Gasteiger partial charge is 0.339 e. The Bertz CT molecular complexity index is 602. The minimum absolute atomic E-state index is 0.000965. The number of carboxylic acids is 1. The molecule has 0 amide bonds. The molecule has 4 nitrogen and oxygen atoms in total. The largest absolute Gasteiger partial charge is 0.478 e. The van der Waals surface area contributed by atoms with Crippen LogP contribution in [-0.4, -0.2) is 16.1 Å². The van der Waals surface area contributed by atoms with E-state index in [1.807, 2.05) is 0 Å². The summed E-state index contributed by atoms with van der Waals surface area (Å²) in [7, 11) is 0. The number of ether oxygens (including phenoxy) is 1. The molecule has 1 aromatic carbocycles. The van der Waals surface area contributed by atoms with Crippen molar-refractivity contribution in [1.29, 1.82) is 0 Å². The number of hydrogen-bond acceptors (Lipinski definition) is 3. The van der Waals surface area contributed by atoms with E-state index in [1.165, 1.54) is 18.5 Å². The number of pyridine rings is 1. The average Bonchev–Trinajstić information content (AvgIpc) is 2.35. The van der Waals surface area contributed by atoms with Gasteiger partial charge in [0.25, 0.3) is 0 Å². The third-order valence-electron chi connectivity index (χ3n) is 2.15. The molecule has 0 bridgehead atoms. The number of benzene rings is 1. The van der Waals surface area contributed by atoms with E-state index in [9.17, 15) is 4.79 Å². The van der Waals surface area contributed by atoms with Gasteiger partial charge in [0.2, 0.25) is 0 Å². The first kappa shape index (κ1) is 12.7. The highest BCUT2D eigenvalue weighted by Gasteiger charge is 2.13. The molecule has 0 spiro atoms. The van der Waals surface area contributed by atoms with Crippen LogP contribution in [0.2, 0.25) is 10.0 Å². The van der Waals surface area contributed by atoms with Gasteiger partial charge in [-0.15, -0.1) is 0 Å². The number of nitrogens with zero attached hydrogens (tertiary/aromatic N) is 1. The topological polar surface area (TPSA) is 59.4 Å². The van der Waals surface area contributed by atoms with Crippen LogP contribution in [0, 0.1) is 0 Å². The second-order valence-electron chi connectivity index (χ2n) is 3.33. The van der Waals surface area contributed by atoms with Crippen LogP contribution >= 0.6 is 23.2 Å². The van der Waals surface area contributed by atoms with Gasteiger partial charge in [-0.3, -0.25) is 4.98 Å². The molecule has 1 heterocycles.